The van der Waals surface area contributed by atoms with Crippen molar-refractivity contribution >= 4 is 5.91 Å². The molecule has 7 nitrogen and oxygen atoms in total. The summed E-state index contributed by atoms with van der Waals surface area (Å²) in [5, 5.41) is 0. The van der Waals surface area contributed by atoms with Crippen LogP contribution in [0.4, 0.5) is 0 Å². The van der Waals surface area contributed by atoms with E-state index < -0.39 is 0 Å². The van der Waals surface area contributed by atoms with Crippen LogP contribution in [0.25, 0.3) is 11.5 Å². The molecule has 0 bridgehead atoms. The molecule has 0 aromatic carbocycles. The number of aromatic nitrogens is 5. The van der Waals surface area contributed by atoms with Crippen molar-refractivity contribution in [2.45, 2.75) is 32.6 Å². The topological polar surface area (TPSA) is 87.7 Å². The minimum Gasteiger partial charge on any atom is -0.341 e. The highest BCUT2D eigenvalue weighted by molar-refractivity contribution is 5.94. The van der Waals surface area contributed by atoms with E-state index in [0.29, 0.717) is 12.1 Å². The lowest BCUT2D eigenvalue weighted by atomic mass is 9.92. The molecule has 4 heterocycles. The normalized spacial score (nSPS) is 17.1. The van der Waals surface area contributed by atoms with E-state index in [4.69, 9.17) is 0 Å². The number of rotatable bonds is 3. The fraction of sp³-hybridized carbons (Fsp3) is 0.350. The lowest BCUT2D eigenvalue weighted by Gasteiger charge is -2.33. The predicted octanol–water partition coefficient (Wildman–Crippen LogP) is 2.90. The highest BCUT2D eigenvalue weighted by Gasteiger charge is 2.29. The van der Waals surface area contributed by atoms with Crippen LogP contribution in [0.15, 0.2) is 36.9 Å². The van der Waals surface area contributed by atoms with E-state index in [2.05, 4.69) is 24.9 Å². The number of imidazole rings is 1. The Bertz CT molecular complexity index is 949. The molecule has 1 atom stereocenters. The predicted molar refractivity (Wildman–Crippen MR) is 101 cm³/mol. The number of likely N-dealkylation sites (tertiary alicyclic amines) is 1. The standard InChI is InChI=1S/C20H22N6O/c1-13-5-6-15(11-23-13)20(27)26-9-3-4-16(12-26)17-18(22-8-7-21-17)19-24-10-14(2)25-19/h5-8,10-11,16H,3-4,9,12H2,1-2H3,(H,24,25)/t16-/m0/s1. The molecule has 0 aliphatic carbocycles. The summed E-state index contributed by atoms with van der Waals surface area (Å²) in [6.07, 6.45) is 8.74. The van der Waals surface area contributed by atoms with Crippen LogP contribution in [0, 0.1) is 13.8 Å². The molecule has 0 saturated carbocycles. The number of nitrogens with zero attached hydrogens (tertiary/aromatic N) is 5. The van der Waals surface area contributed by atoms with Crippen LogP contribution < -0.4 is 0 Å². The van der Waals surface area contributed by atoms with Crippen molar-refractivity contribution in [3.8, 4) is 11.5 Å². The zero-order chi connectivity index (χ0) is 18.8. The lowest BCUT2D eigenvalue weighted by Crippen LogP contribution is -2.39. The van der Waals surface area contributed by atoms with Gasteiger partial charge in [0.15, 0.2) is 5.82 Å². The Labute approximate surface area is 157 Å². The van der Waals surface area contributed by atoms with Gasteiger partial charge in [-0.2, -0.15) is 0 Å². The van der Waals surface area contributed by atoms with Crippen LogP contribution >= 0.6 is 0 Å². The Morgan fingerprint density at radius 3 is 2.70 bits per heavy atom. The van der Waals surface area contributed by atoms with Crippen LogP contribution in [-0.2, 0) is 0 Å². The van der Waals surface area contributed by atoms with Crippen molar-refractivity contribution in [1.29, 1.82) is 0 Å². The minimum absolute atomic E-state index is 0.0199. The van der Waals surface area contributed by atoms with Crippen LogP contribution in [0.2, 0.25) is 0 Å². The molecule has 1 aliphatic heterocycles. The van der Waals surface area contributed by atoms with Gasteiger partial charge in [0, 0.05) is 55.2 Å². The summed E-state index contributed by atoms with van der Waals surface area (Å²) >= 11 is 0. The largest absolute Gasteiger partial charge is 0.341 e. The monoisotopic (exact) mass is 362 g/mol. The van der Waals surface area contributed by atoms with Gasteiger partial charge in [-0.25, -0.2) is 9.97 Å². The molecule has 1 N–H and O–H groups in total. The van der Waals surface area contributed by atoms with Crippen molar-refractivity contribution in [3.05, 3.63) is 59.6 Å². The van der Waals surface area contributed by atoms with E-state index in [1.807, 2.05) is 30.9 Å². The van der Waals surface area contributed by atoms with Gasteiger partial charge in [0.05, 0.1) is 11.3 Å². The Morgan fingerprint density at radius 1 is 1.11 bits per heavy atom. The van der Waals surface area contributed by atoms with Gasteiger partial charge >= 0.3 is 0 Å². The first-order valence-electron chi connectivity index (χ1n) is 9.16. The Balaban J connectivity index is 1.59. The van der Waals surface area contributed by atoms with E-state index in [0.717, 1.165) is 48.0 Å². The molecule has 3 aromatic heterocycles. The highest BCUT2D eigenvalue weighted by atomic mass is 16.2. The zero-order valence-electron chi connectivity index (χ0n) is 15.5. The van der Waals surface area contributed by atoms with E-state index in [-0.39, 0.29) is 11.8 Å². The second kappa shape index (κ2) is 7.26. The molecule has 1 fully saturated rings. The molecular formula is C20H22N6O. The van der Waals surface area contributed by atoms with Crippen LogP contribution in [0.1, 0.15) is 46.2 Å². The molecule has 138 valence electrons. The number of amides is 1. The van der Waals surface area contributed by atoms with E-state index in [1.165, 1.54) is 0 Å². The average Bonchev–Trinajstić information content (AvgIpc) is 3.14. The van der Waals surface area contributed by atoms with Gasteiger partial charge in [0.25, 0.3) is 5.91 Å². The van der Waals surface area contributed by atoms with Crippen molar-refractivity contribution in [2.24, 2.45) is 0 Å². The average molecular weight is 362 g/mol. The van der Waals surface area contributed by atoms with Gasteiger partial charge < -0.3 is 9.88 Å². The maximum absolute atomic E-state index is 12.9. The van der Waals surface area contributed by atoms with Crippen molar-refractivity contribution in [1.82, 2.24) is 29.8 Å². The first kappa shape index (κ1) is 17.3. The number of carbonyl (C=O) groups is 1. The number of hydrogen-bond donors (Lipinski definition) is 1. The first-order valence-corrected chi connectivity index (χ1v) is 9.16. The third-order valence-electron chi connectivity index (χ3n) is 4.91. The third kappa shape index (κ3) is 3.58. The summed E-state index contributed by atoms with van der Waals surface area (Å²) in [6.45, 7) is 5.25. The van der Waals surface area contributed by atoms with Gasteiger partial charge in [-0.3, -0.25) is 14.8 Å². The molecule has 0 spiro atoms. The SMILES string of the molecule is Cc1ccc(C(=O)N2CCC[C@H](c3nccnc3-c3ncc(C)[nH]3)C2)cn1. The van der Waals surface area contributed by atoms with Crippen molar-refractivity contribution in [3.63, 3.8) is 0 Å². The number of aryl methyl sites for hydroxylation is 2. The van der Waals surface area contributed by atoms with E-state index >= 15 is 0 Å². The summed E-state index contributed by atoms with van der Waals surface area (Å²) in [7, 11) is 0. The summed E-state index contributed by atoms with van der Waals surface area (Å²) in [5.74, 6) is 0.878. The number of H-pyrrole nitrogens is 1. The molecule has 1 saturated heterocycles. The molecule has 1 amide bonds. The van der Waals surface area contributed by atoms with Gasteiger partial charge in [0.1, 0.15) is 5.69 Å². The summed E-state index contributed by atoms with van der Waals surface area (Å²) in [5.41, 5.74) is 4.17. The fourth-order valence-corrected chi connectivity index (χ4v) is 3.52. The second-order valence-corrected chi connectivity index (χ2v) is 6.98. The molecule has 3 aromatic rings. The first-order chi connectivity index (χ1) is 13.1. The molecule has 4 rings (SSSR count). The van der Waals surface area contributed by atoms with Gasteiger partial charge in [-0.15, -0.1) is 0 Å². The summed E-state index contributed by atoms with van der Waals surface area (Å²) < 4.78 is 0. The Morgan fingerprint density at radius 2 is 1.96 bits per heavy atom. The van der Waals surface area contributed by atoms with Crippen LogP contribution in [0.3, 0.4) is 0 Å². The fourth-order valence-electron chi connectivity index (χ4n) is 3.52. The second-order valence-electron chi connectivity index (χ2n) is 6.98. The Kier molecular flexibility index (Phi) is 4.66. The number of piperidine rings is 1. The number of pyridine rings is 1. The smallest absolute Gasteiger partial charge is 0.255 e. The van der Waals surface area contributed by atoms with Gasteiger partial charge in [0.2, 0.25) is 0 Å². The van der Waals surface area contributed by atoms with E-state index in [9.17, 15) is 4.79 Å². The van der Waals surface area contributed by atoms with E-state index in [1.54, 1.807) is 24.8 Å². The van der Waals surface area contributed by atoms with Gasteiger partial charge in [-0.1, -0.05) is 0 Å². The molecule has 1 aliphatic rings. The zero-order valence-corrected chi connectivity index (χ0v) is 15.5. The minimum atomic E-state index is 0.0199. The number of hydrogen-bond acceptors (Lipinski definition) is 5. The molecular weight excluding hydrogens is 340 g/mol. The molecule has 7 heteroatoms. The number of carbonyl (C=O) groups excluding carboxylic acids is 1. The lowest BCUT2D eigenvalue weighted by molar-refractivity contribution is 0.0705. The molecule has 27 heavy (non-hydrogen) atoms. The number of nitrogens with one attached hydrogen (secondary N) is 1. The summed E-state index contributed by atoms with van der Waals surface area (Å²) in [4.78, 5) is 35.8. The highest BCUT2D eigenvalue weighted by Crippen LogP contribution is 2.31. The van der Waals surface area contributed by atoms with Crippen LogP contribution in [0.5, 0.6) is 0 Å². The number of aromatic amines is 1. The molecule has 0 unspecified atom stereocenters. The maximum Gasteiger partial charge on any atom is 0.255 e. The quantitative estimate of drug-likeness (QED) is 0.774. The van der Waals surface area contributed by atoms with Gasteiger partial charge in [-0.05, 0) is 38.8 Å². The summed E-state index contributed by atoms with van der Waals surface area (Å²) in [6, 6.07) is 3.71. The molecule has 0 radical (unpaired) electrons. The Hall–Kier alpha value is -3.09. The third-order valence-corrected chi connectivity index (χ3v) is 4.91. The maximum atomic E-state index is 12.9. The van der Waals surface area contributed by atoms with Crippen LogP contribution in [-0.4, -0.2) is 48.8 Å². The van der Waals surface area contributed by atoms with Crippen molar-refractivity contribution < 1.29 is 4.79 Å². The van der Waals surface area contributed by atoms with Crippen molar-refractivity contribution in [2.75, 3.05) is 13.1 Å².